The number of para-hydroxylation sites is 1. The first-order chi connectivity index (χ1) is 13.3. The van der Waals surface area contributed by atoms with Crippen LogP contribution in [0.1, 0.15) is 10.4 Å². The van der Waals surface area contributed by atoms with Crippen LogP contribution >= 0.6 is 0 Å². The Morgan fingerprint density at radius 3 is 2.07 bits per heavy atom. The van der Waals surface area contributed by atoms with E-state index in [-0.39, 0.29) is 11.3 Å². The summed E-state index contributed by atoms with van der Waals surface area (Å²) in [7, 11) is 0. The Hall–Kier alpha value is -3.55. The van der Waals surface area contributed by atoms with Crippen molar-refractivity contribution in [1.29, 1.82) is 0 Å². The zero-order valence-corrected chi connectivity index (χ0v) is 14.3. The minimum absolute atomic E-state index is 0.136. The first-order valence-electron chi connectivity index (χ1n) is 8.09. The van der Waals surface area contributed by atoms with Gasteiger partial charge in [-0.05, 0) is 54.6 Å². The molecule has 0 aromatic heterocycles. The Bertz CT molecular complexity index is 958. The Balaban J connectivity index is 1.68. The molecule has 8 heteroatoms. The first-order valence-corrected chi connectivity index (χ1v) is 8.09. The van der Waals surface area contributed by atoms with Gasteiger partial charge in [0.25, 0.3) is 5.91 Å². The third kappa shape index (κ3) is 5.23. The Morgan fingerprint density at radius 2 is 1.46 bits per heavy atom. The van der Waals surface area contributed by atoms with E-state index in [4.69, 9.17) is 0 Å². The lowest BCUT2D eigenvalue weighted by Gasteiger charge is -2.11. The monoisotopic (exact) mass is 390 g/mol. The normalized spacial score (nSPS) is 11.0. The van der Waals surface area contributed by atoms with Gasteiger partial charge in [0.2, 0.25) is 0 Å². The Kier molecular flexibility index (Phi) is 5.49. The molecular formula is C20H14F4N2O2. The molecule has 3 aromatic rings. The number of ether oxygens (including phenoxy) is 1. The average Bonchev–Trinajstić information content (AvgIpc) is 2.63. The van der Waals surface area contributed by atoms with Crippen LogP contribution in [0.15, 0.2) is 72.8 Å². The van der Waals surface area contributed by atoms with Crippen LogP contribution in [-0.4, -0.2) is 12.3 Å². The maximum Gasteiger partial charge on any atom is 0.573 e. The van der Waals surface area contributed by atoms with Crippen LogP contribution in [0.2, 0.25) is 0 Å². The number of halogens is 4. The fourth-order valence-electron chi connectivity index (χ4n) is 2.40. The number of nitrogens with one attached hydrogen (secondary N) is 2. The van der Waals surface area contributed by atoms with Gasteiger partial charge in [-0.15, -0.1) is 13.2 Å². The summed E-state index contributed by atoms with van der Waals surface area (Å²) in [6.45, 7) is 0. The van der Waals surface area contributed by atoms with Crippen LogP contribution in [0.4, 0.5) is 34.6 Å². The molecule has 0 heterocycles. The van der Waals surface area contributed by atoms with E-state index >= 15 is 0 Å². The molecule has 3 aromatic carbocycles. The van der Waals surface area contributed by atoms with Crippen molar-refractivity contribution in [1.82, 2.24) is 0 Å². The molecule has 0 aliphatic heterocycles. The second kappa shape index (κ2) is 7.99. The highest BCUT2D eigenvalue weighted by molar-refractivity contribution is 6.04. The Labute approximate surface area is 157 Å². The number of hydrogen-bond donors (Lipinski definition) is 2. The molecule has 0 bridgehead atoms. The van der Waals surface area contributed by atoms with E-state index < -0.39 is 18.1 Å². The van der Waals surface area contributed by atoms with Crippen molar-refractivity contribution in [2.75, 3.05) is 10.6 Å². The maximum atomic E-state index is 14.3. The van der Waals surface area contributed by atoms with Crippen LogP contribution in [0.3, 0.4) is 0 Å². The number of carbonyl (C=O) groups is 1. The molecule has 0 saturated heterocycles. The molecule has 0 aliphatic carbocycles. The van der Waals surface area contributed by atoms with Crippen LogP contribution < -0.4 is 15.4 Å². The van der Waals surface area contributed by atoms with Gasteiger partial charge in [-0.3, -0.25) is 4.79 Å². The molecule has 0 saturated carbocycles. The summed E-state index contributed by atoms with van der Waals surface area (Å²) < 4.78 is 54.6. The number of alkyl halides is 3. The highest BCUT2D eigenvalue weighted by atomic mass is 19.4. The molecule has 1 amide bonds. The molecular weight excluding hydrogens is 376 g/mol. The van der Waals surface area contributed by atoms with Crippen molar-refractivity contribution < 1.29 is 27.1 Å². The molecule has 28 heavy (non-hydrogen) atoms. The predicted octanol–water partition coefficient (Wildman–Crippen LogP) is 5.72. The average molecular weight is 390 g/mol. The number of rotatable bonds is 5. The highest BCUT2D eigenvalue weighted by Gasteiger charge is 2.30. The van der Waals surface area contributed by atoms with Gasteiger partial charge >= 0.3 is 6.36 Å². The Morgan fingerprint density at radius 1 is 0.821 bits per heavy atom. The van der Waals surface area contributed by atoms with E-state index in [1.165, 1.54) is 24.3 Å². The molecule has 0 aliphatic rings. The van der Waals surface area contributed by atoms with E-state index in [9.17, 15) is 22.4 Å². The zero-order chi connectivity index (χ0) is 20.1. The summed E-state index contributed by atoms with van der Waals surface area (Å²) in [4.78, 5) is 12.2. The maximum absolute atomic E-state index is 14.3. The molecule has 144 valence electrons. The minimum atomic E-state index is -4.77. The standard InChI is InChI=1S/C20H14F4N2O2/c21-18-12-15(25-14-6-9-16(10-7-14)28-20(22,23)24)8-11-17(18)19(27)26-13-4-2-1-3-5-13/h1-12,25H,(H,26,27). The lowest BCUT2D eigenvalue weighted by Crippen LogP contribution is -2.17. The molecule has 4 nitrogen and oxygen atoms in total. The summed E-state index contributed by atoms with van der Waals surface area (Å²) in [5.41, 5.74) is 1.16. The molecule has 0 fully saturated rings. The van der Waals surface area contributed by atoms with E-state index in [1.54, 1.807) is 30.3 Å². The fourth-order valence-corrected chi connectivity index (χ4v) is 2.40. The molecule has 3 rings (SSSR count). The molecule has 0 unspecified atom stereocenters. The van der Waals surface area contributed by atoms with E-state index in [2.05, 4.69) is 15.4 Å². The van der Waals surface area contributed by atoms with Gasteiger partial charge in [0.05, 0.1) is 5.56 Å². The van der Waals surface area contributed by atoms with Crippen molar-refractivity contribution in [3.8, 4) is 5.75 Å². The van der Waals surface area contributed by atoms with Gasteiger partial charge in [-0.1, -0.05) is 18.2 Å². The van der Waals surface area contributed by atoms with Crippen molar-refractivity contribution in [2.45, 2.75) is 6.36 Å². The van der Waals surface area contributed by atoms with E-state index in [0.29, 0.717) is 17.1 Å². The second-order valence-electron chi connectivity index (χ2n) is 5.71. The van der Waals surface area contributed by atoms with Crippen LogP contribution in [0.5, 0.6) is 5.75 Å². The van der Waals surface area contributed by atoms with Crippen LogP contribution in [0, 0.1) is 5.82 Å². The van der Waals surface area contributed by atoms with Gasteiger partial charge in [0, 0.05) is 17.1 Å². The third-order valence-electron chi connectivity index (χ3n) is 3.62. The van der Waals surface area contributed by atoms with Gasteiger partial charge in [-0.2, -0.15) is 0 Å². The predicted molar refractivity (Wildman–Crippen MR) is 97.2 cm³/mol. The molecule has 2 N–H and O–H groups in total. The lowest BCUT2D eigenvalue weighted by atomic mass is 10.1. The zero-order valence-electron chi connectivity index (χ0n) is 14.3. The number of carbonyl (C=O) groups excluding carboxylic acids is 1. The summed E-state index contributed by atoms with van der Waals surface area (Å²) in [6, 6.07) is 17.5. The second-order valence-corrected chi connectivity index (χ2v) is 5.71. The van der Waals surface area contributed by atoms with Gasteiger partial charge in [0.15, 0.2) is 0 Å². The number of hydrogen-bond acceptors (Lipinski definition) is 3. The number of amides is 1. The minimum Gasteiger partial charge on any atom is -0.406 e. The summed E-state index contributed by atoms with van der Waals surface area (Å²) in [6.07, 6.45) is -4.77. The number of anilines is 3. The van der Waals surface area contributed by atoms with Crippen molar-refractivity contribution in [3.63, 3.8) is 0 Å². The van der Waals surface area contributed by atoms with Crippen molar-refractivity contribution in [3.05, 3.63) is 84.2 Å². The van der Waals surface area contributed by atoms with Gasteiger partial charge in [0.1, 0.15) is 11.6 Å². The highest BCUT2D eigenvalue weighted by Crippen LogP contribution is 2.26. The largest absolute Gasteiger partial charge is 0.573 e. The quantitative estimate of drug-likeness (QED) is 0.548. The molecule has 0 radical (unpaired) electrons. The van der Waals surface area contributed by atoms with Crippen LogP contribution in [0.25, 0.3) is 0 Å². The summed E-state index contributed by atoms with van der Waals surface area (Å²) >= 11 is 0. The van der Waals surface area contributed by atoms with E-state index in [1.807, 2.05) is 0 Å². The fraction of sp³-hybridized carbons (Fsp3) is 0.0500. The van der Waals surface area contributed by atoms with Gasteiger partial charge < -0.3 is 15.4 Å². The summed E-state index contributed by atoms with van der Waals surface area (Å²) in [5.74, 6) is -1.70. The lowest BCUT2D eigenvalue weighted by molar-refractivity contribution is -0.274. The topological polar surface area (TPSA) is 50.4 Å². The van der Waals surface area contributed by atoms with Crippen molar-refractivity contribution in [2.24, 2.45) is 0 Å². The third-order valence-corrected chi connectivity index (χ3v) is 3.62. The van der Waals surface area contributed by atoms with Crippen LogP contribution in [-0.2, 0) is 0 Å². The SMILES string of the molecule is O=C(Nc1ccccc1)c1ccc(Nc2ccc(OC(F)(F)F)cc2)cc1F. The molecule has 0 spiro atoms. The smallest absolute Gasteiger partial charge is 0.406 e. The van der Waals surface area contributed by atoms with E-state index in [0.717, 1.165) is 18.2 Å². The van der Waals surface area contributed by atoms with Crippen molar-refractivity contribution >= 4 is 23.0 Å². The summed E-state index contributed by atoms with van der Waals surface area (Å²) in [5, 5.41) is 5.43. The number of benzene rings is 3. The first kappa shape index (κ1) is 19.2. The molecule has 0 atom stereocenters. The van der Waals surface area contributed by atoms with Gasteiger partial charge in [-0.25, -0.2) is 4.39 Å².